The normalized spacial score (nSPS) is 29.4. The maximum atomic E-state index is 11.7. The minimum atomic E-state index is -0.751. The zero-order valence-electron chi connectivity index (χ0n) is 13.5. The Kier molecular flexibility index (Phi) is 6.10. The molecule has 0 aromatic rings. The smallest absolute Gasteiger partial charge is 0.262 e. The monoisotopic (exact) mass is 306 g/mol. The van der Waals surface area contributed by atoms with Gasteiger partial charge in [0.05, 0.1) is 0 Å². The van der Waals surface area contributed by atoms with Gasteiger partial charge in [-0.3, -0.25) is 9.59 Å². The molecule has 2 N–H and O–H groups in total. The summed E-state index contributed by atoms with van der Waals surface area (Å²) in [5, 5.41) is 8.14. The zero-order valence-corrected chi connectivity index (χ0v) is 13.5. The van der Waals surface area contributed by atoms with Crippen LogP contribution in [0.25, 0.3) is 0 Å². The van der Waals surface area contributed by atoms with Gasteiger partial charge in [0.15, 0.2) is 0 Å². The largest absolute Gasteiger partial charge is 0.331 e. The predicted octanol–water partition coefficient (Wildman–Crippen LogP) is 2.35. The molecule has 2 rings (SSSR count). The van der Waals surface area contributed by atoms with E-state index in [4.69, 9.17) is 0 Å². The van der Waals surface area contributed by atoms with E-state index in [2.05, 4.69) is 34.9 Å². The van der Waals surface area contributed by atoms with Crippen molar-refractivity contribution in [2.24, 2.45) is 22.0 Å². The molecule has 22 heavy (non-hydrogen) atoms. The maximum absolute atomic E-state index is 11.7. The molecule has 0 aliphatic heterocycles. The van der Waals surface area contributed by atoms with Crippen LogP contribution in [-0.2, 0) is 9.59 Å². The molecular formula is C16H26N4O2. The molecule has 122 valence electrons. The first-order chi connectivity index (χ1) is 10.5. The van der Waals surface area contributed by atoms with Crippen LogP contribution in [0, 0.1) is 11.8 Å². The van der Waals surface area contributed by atoms with Gasteiger partial charge in [-0.25, -0.2) is 10.9 Å². The van der Waals surface area contributed by atoms with Crippen LogP contribution < -0.4 is 10.9 Å². The van der Waals surface area contributed by atoms with E-state index in [1.165, 1.54) is 12.8 Å². The second-order valence-electron chi connectivity index (χ2n) is 6.64. The number of carbonyl (C=O) groups is 2. The lowest BCUT2D eigenvalue weighted by Crippen LogP contribution is -2.36. The van der Waals surface area contributed by atoms with Crippen molar-refractivity contribution in [1.82, 2.24) is 10.9 Å². The van der Waals surface area contributed by atoms with Gasteiger partial charge in [-0.1, -0.05) is 13.8 Å². The summed E-state index contributed by atoms with van der Waals surface area (Å²) in [6.45, 7) is 4.34. The molecule has 0 aromatic heterocycles. The van der Waals surface area contributed by atoms with Crippen molar-refractivity contribution in [3.63, 3.8) is 0 Å². The molecule has 2 aliphatic carbocycles. The minimum Gasteiger partial charge on any atom is -0.262 e. The summed E-state index contributed by atoms with van der Waals surface area (Å²) >= 11 is 0. The van der Waals surface area contributed by atoms with E-state index >= 15 is 0 Å². The van der Waals surface area contributed by atoms with E-state index < -0.39 is 11.8 Å². The number of nitrogens with zero attached hydrogens (tertiary/aromatic N) is 2. The number of hydrogen-bond acceptors (Lipinski definition) is 4. The van der Waals surface area contributed by atoms with Crippen molar-refractivity contribution in [3.05, 3.63) is 0 Å². The maximum Gasteiger partial charge on any atom is 0.331 e. The Morgan fingerprint density at radius 1 is 0.864 bits per heavy atom. The molecule has 6 nitrogen and oxygen atoms in total. The third kappa shape index (κ3) is 5.24. The zero-order chi connectivity index (χ0) is 15.9. The van der Waals surface area contributed by atoms with Crippen LogP contribution in [-0.4, -0.2) is 23.2 Å². The Balaban J connectivity index is 1.78. The average Bonchev–Trinajstić information content (AvgIpc) is 2.50. The Bertz CT molecular complexity index is 441. The van der Waals surface area contributed by atoms with Crippen LogP contribution in [0.3, 0.4) is 0 Å². The molecule has 0 radical (unpaired) electrons. The lowest BCUT2D eigenvalue weighted by atomic mass is 9.89. The van der Waals surface area contributed by atoms with Gasteiger partial charge in [0.1, 0.15) is 0 Å². The van der Waals surface area contributed by atoms with Gasteiger partial charge in [-0.15, -0.1) is 0 Å². The van der Waals surface area contributed by atoms with E-state index in [9.17, 15) is 9.59 Å². The topological polar surface area (TPSA) is 82.9 Å². The summed E-state index contributed by atoms with van der Waals surface area (Å²) < 4.78 is 0. The van der Waals surface area contributed by atoms with Gasteiger partial charge in [-0.2, -0.15) is 10.2 Å². The first-order valence-electron chi connectivity index (χ1n) is 8.25. The Morgan fingerprint density at radius 2 is 1.27 bits per heavy atom. The molecule has 2 unspecified atom stereocenters. The Hall–Kier alpha value is -1.72. The average molecular weight is 306 g/mol. The van der Waals surface area contributed by atoms with Crippen molar-refractivity contribution in [2.75, 3.05) is 0 Å². The van der Waals surface area contributed by atoms with Crippen LogP contribution in [0.4, 0.5) is 0 Å². The van der Waals surface area contributed by atoms with Gasteiger partial charge >= 0.3 is 11.8 Å². The summed E-state index contributed by atoms with van der Waals surface area (Å²) in [5.74, 6) is -0.311. The van der Waals surface area contributed by atoms with E-state index in [1.54, 1.807) is 0 Å². The molecule has 0 bridgehead atoms. The number of amides is 2. The highest BCUT2D eigenvalue weighted by molar-refractivity contribution is 6.35. The standard InChI is InChI=1S/C16H26N4O2/c1-11-5-3-7-13(9-11)17-19-15(21)16(22)20-18-14-8-4-6-12(2)10-14/h11-12H,3-10H2,1-2H3,(H,19,21)(H,20,22)/b17-13-,18-14+. The Labute approximate surface area is 131 Å². The highest BCUT2D eigenvalue weighted by atomic mass is 16.2. The fourth-order valence-electron chi connectivity index (χ4n) is 3.09. The third-order valence-corrected chi connectivity index (χ3v) is 4.33. The van der Waals surface area contributed by atoms with E-state index in [1.807, 2.05) is 0 Å². The Morgan fingerprint density at radius 3 is 1.64 bits per heavy atom. The summed E-state index contributed by atoms with van der Waals surface area (Å²) in [5.41, 5.74) is 6.60. The van der Waals surface area contributed by atoms with Crippen LogP contribution in [0.15, 0.2) is 10.2 Å². The fraction of sp³-hybridized carbons (Fsp3) is 0.750. The van der Waals surface area contributed by atoms with E-state index in [0.29, 0.717) is 11.8 Å². The third-order valence-electron chi connectivity index (χ3n) is 4.33. The van der Waals surface area contributed by atoms with E-state index in [-0.39, 0.29) is 0 Å². The van der Waals surface area contributed by atoms with Gasteiger partial charge in [0.2, 0.25) is 0 Å². The lowest BCUT2D eigenvalue weighted by molar-refractivity contribution is -0.139. The van der Waals surface area contributed by atoms with Crippen molar-refractivity contribution in [2.45, 2.75) is 65.2 Å². The second kappa shape index (κ2) is 8.06. The molecule has 0 saturated heterocycles. The second-order valence-corrected chi connectivity index (χ2v) is 6.64. The molecular weight excluding hydrogens is 280 g/mol. The number of hydrogen-bond donors (Lipinski definition) is 2. The summed E-state index contributed by atoms with van der Waals surface area (Å²) in [6, 6.07) is 0. The van der Waals surface area contributed by atoms with Crippen molar-refractivity contribution < 1.29 is 9.59 Å². The highest BCUT2D eigenvalue weighted by Crippen LogP contribution is 2.21. The molecule has 0 heterocycles. The first kappa shape index (κ1) is 16.6. The molecule has 0 aromatic carbocycles. The molecule has 2 atom stereocenters. The molecule has 2 fully saturated rings. The summed E-state index contributed by atoms with van der Waals surface area (Å²) in [6.07, 6.45) is 8.15. The van der Waals surface area contributed by atoms with Gasteiger partial charge in [0, 0.05) is 11.4 Å². The highest BCUT2D eigenvalue weighted by Gasteiger charge is 2.18. The molecule has 2 aliphatic rings. The van der Waals surface area contributed by atoms with Crippen LogP contribution in [0.2, 0.25) is 0 Å². The van der Waals surface area contributed by atoms with Crippen molar-refractivity contribution in [3.8, 4) is 0 Å². The van der Waals surface area contributed by atoms with Crippen molar-refractivity contribution in [1.29, 1.82) is 0 Å². The summed E-state index contributed by atoms with van der Waals surface area (Å²) in [7, 11) is 0. The quantitative estimate of drug-likeness (QED) is 0.606. The molecule has 6 heteroatoms. The van der Waals surface area contributed by atoms with Gasteiger partial charge in [-0.05, 0) is 63.2 Å². The lowest BCUT2D eigenvalue weighted by Gasteiger charge is -2.19. The van der Waals surface area contributed by atoms with Crippen molar-refractivity contribution >= 4 is 23.2 Å². The van der Waals surface area contributed by atoms with Crippen LogP contribution in [0.1, 0.15) is 65.2 Å². The van der Waals surface area contributed by atoms with Crippen LogP contribution >= 0.6 is 0 Å². The molecule has 2 amide bonds. The number of hydrazone groups is 2. The minimum absolute atomic E-state index is 0.595. The summed E-state index contributed by atoms with van der Waals surface area (Å²) in [4.78, 5) is 23.4. The van der Waals surface area contributed by atoms with Crippen LogP contribution in [0.5, 0.6) is 0 Å². The molecule has 2 saturated carbocycles. The van der Waals surface area contributed by atoms with Gasteiger partial charge < -0.3 is 0 Å². The van der Waals surface area contributed by atoms with Gasteiger partial charge in [0.25, 0.3) is 0 Å². The fourth-order valence-corrected chi connectivity index (χ4v) is 3.09. The number of rotatable bonds is 2. The predicted molar refractivity (Wildman–Crippen MR) is 86.4 cm³/mol. The molecule has 0 spiro atoms. The number of nitrogens with one attached hydrogen (secondary N) is 2. The number of carbonyl (C=O) groups excluding carboxylic acids is 2. The first-order valence-corrected chi connectivity index (χ1v) is 8.25. The van der Waals surface area contributed by atoms with E-state index in [0.717, 1.165) is 49.9 Å². The SMILES string of the molecule is CC1CCC/C(=N/NC(=O)C(=O)N/N=C2\CCCC(C)C2)C1.